The maximum Gasteiger partial charge on any atom is 0.223 e. The van der Waals surface area contributed by atoms with Crippen LogP contribution in [0.15, 0.2) is 0 Å². The first-order chi connectivity index (χ1) is 5.24. The molecule has 1 unspecified atom stereocenters. The van der Waals surface area contributed by atoms with Gasteiger partial charge in [-0.1, -0.05) is 0 Å². The van der Waals surface area contributed by atoms with E-state index in [0.29, 0.717) is 12.8 Å². The van der Waals surface area contributed by atoms with Crippen LogP contribution in [0.5, 0.6) is 0 Å². The van der Waals surface area contributed by atoms with Gasteiger partial charge in [0.15, 0.2) is 0 Å². The van der Waals surface area contributed by atoms with E-state index in [-0.39, 0.29) is 17.6 Å². The third kappa shape index (κ3) is 2.03. The van der Waals surface area contributed by atoms with Gasteiger partial charge in [-0.15, -0.1) is 0 Å². The van der Waals surface area contributed by atoms with Crippen LogP contribution in [0.25, 0.3) is 0 Å². The summed E-state index contributed by atoms with van der Waals surface area (Å²) in [6, 6.07) is 0. The highest BCUT2D eigenvalue weighted by molar-refractivity contribution is 5.87. The predicted molar refractivity (Wildman–Crippen MR) is 41.0 cm³/mol. The molecule has 0 bridgehead atoms. The van der Waals surface area contributed by atoms with Crippen molar-refractivity contribution in [3.8, 4) is 0 Å². The summed E-state index contributed by atoms with van der Waals surface area (Å²) in [5.74, 6) is 0.184. The highest BCUT2D eigenvalue weighted by Crippen LogP contribution is 2.20. The predicted octanol–water partition coefficient (Wildman–Crippen LogP) is 0.492. The minimum Gasteiger partial charge on any atom is -0.359 e. The van der Waals surface area contributed by atoms with E-state index in [2.05, 4.69) is 5.32 Å². The number of amides is 1. The molecule has 62 valence electrons. The molecule has 1 saturated carbocycles. The maximum atomic E-state index is 11.0. The van der Waals surface area contributed by atoms with Gasteiger partial charge in [-0.3, -0.25) is 9.59 Å². The van der Waals surface area contributed by atoms with Gasteiger partial charge in [0.05, 0.1) is 0 Å². The molecule has 0 aromatic heterocycles. The van der Waals surface area contributed by atoms with E-state index < -0.39 is 0 Å². The zero-order valence-electron chi connectivity index (χ0n) is 6.72. The Morgan fingerprint density at radius 1 is 1.64 bits per heavy atom. The number of nitrogens with one attached hydrogen (secondary N) is 1. The van der Waals surface area contributed by atoms with E-state index in [1.54, 1.807) is 7.05 Å². The zero-order chi connectivity index (χ0) is 8.27. The molecule has 1 amide bonds. The zero-order valence-corrected chi connectivity index (χ0v) is 6.72. The van der Waals surface area contributed by atoms with Crippen molar-refractivity contribution in [2.75, 3.05) is 7.05 Å². The first-order valence-corrected chi connectivity index (χ1v) is 3.97. The molecule has 1 rings (SSSR count). The molecule has 1 N–H and O–H groups in total. The van der Waals surface area contributed by atoms with Gasteiger partial charge in [-0.25, -0.2) is 0 Å². The van der Waals surface area contributed by atoms with Gasteiger partial charge in [-0.2, -0.15) is 0 Å². The van der Waals surface area contributed by atoms with Gasteiger partial charge in [0.1, 0.15) is 5.78 Å². The lowest BCUT2D eigenvalue weighted by Crippen LogP contribution is -2.31. The Labute approximate surface area is 66.2 Å². The second kappa shape index (κ2) is 3.51. The molecule has 0 aromatic rings. The normalized spacial score (nSPS) is 24.8. The molecule has 3 nitrogen and oxygen atoms in total. The Morgan fingerprint density at radius 2 is 2.36 bits per heavy atom. The Bertz CT molecular complexity index is 177. The molecule has 3 heteroatoms. The SMILES string of the molecule is CNC(=O)C1CCCC(=O)C1. The molecular weight excluding hydrogens is 142 g/mol. The molecule has 0 heterocycles. The van der Waals surface area contributed by atoms with E-state index in [1.807, 2.05) is 0 Å². The number of hydrogen-bond acceptors (Lipinski definition) is 2. The number of ketones is 1. The number of carbonyl (C=O) groups is 2. The van der Waals surface area contributed by atoms with E-state index in [9.17, 15) is 9.59 Å². The molecule has 0 saturated heterocycles. The molecule has 0 aliphatic heterocycles. The monoisotopic (exact) mass is 155 g/mol. The molecule has 0 spiro atoms. The van der Waals surface area contributed by atoms with E-state index in [4.69, 9.17) is 0 Å². The molecule has 0 radical (unpaired) electrons. The fraction of sp³-hybridized carbons (Fsp3) is 0.750. The van der Waals surface area contributed by atoms with Gasteiger partial charge in [0.2, 0.25) is 5.91 Å². The van der Waals surface area contributed by atoms with Crippen LogP contribution in [-0.4, -0.2) is 18.7 Å². The van der Waals surface area contributed by atoms with Crippen molar-refractivity contribution in [1.82, 2.24) is 5.32 Å². The van der Waals surface area contributed by atoms with E-state index in [0.717, 1.165) is 12.8 Å². The summed E-state index contributed by atoms with van der Waals surface area (Å²) in [7, 11) is 1.61. The number of hydrogen-bond donors (Lipinski definition) is 1. The van der Waals surface area contributed by atoms with Gasteiger partial charge >= 0.3 is 0 Å². The number of rotatable bonds is 1. The van der Waals surface area contributed by atoms with Crippen molar-refractivity contribution in [2.24, 2.45) is 5.92 Å². The Balaban J connectivity index is 2.45. The van der Waals surface area contributed by atoms with Crippen molar-refractivity contribution in [3.05, 3.63) is 0 Å². The smallest absolute Gasteiger partial charge is 0.223 e. The lowest BCUT2D eigenvalue weighted by atomic mass is 9.88. The van der Waals surface area contributed by atoms with Crippen molar-refractivity contribution >= 4 is 11.7 Å². The average Bonchev–Trinajstić information content (AvgIpc) is 2.03. The summed E-state index contributed by atoms with van der Waals surface area (Å²) in [5, 5.41) is 2.56. The molecule has 1 fully saturated rings. The van der Waals surface area contributed by atoms with Crippen LogP contribution in [0.2, 0.25) is 0 Å². The van der Waals surface area contributed by atoms with E-state index >= 15 is 0 Å². The summed E-state index contributed by atoms with van der Waals surface area (Å²) in [4.78, 5) is 22.0. The summed E-state index contributed by atoms with van der Waals surface area (Å²) in [5.41, 5.74) is 0. The second-order valence-corrected chi connectivity index (χ2v) is 2.95. The largest absolute Gasteiger partial charge is 0.359 e. The quantitative estimate of drug-likeness (QED) is 0.599. The number of Topliss-reactive ketones (excluding diaryl/α,β-unsaturated/α-hetero) is 1. The van der Waals surface area contributed by atoms with Gasteiger partial charge < -0.3 is 5.32 Å². The summed E-state index contributed by atoms with van der Waals surface area (Å²) in [6.45, 7) is 0. The average molecular weight is 155 g/mol. The lowest BCUT2D eigenvalue weighted by Gasteiger charge is -2.18. The third-order valence-corrected chi connectivity index (χ3v) is 2.10. The maximum absolute atomic E-state index is 11.0. The first kappa shape index (κ1) is 8.24. The van der Waals surface area contributed by atoms with Crippen molar-refractivity contribution in [2.45, 2.75) is 25.7 Å². The molecule has 1 aliphatic carbocycles. The molecule has 11 heavy (non-hydrogen) atoms. The van der Waals surface area contributed by atoms with Crippen LogP contribution >= 0.6 is 0 Å². The van der Waals surface area contributed by atoms with Crippen LogP contribution < -0.4 is 5.32 Å². The minimum atomic E-state index is -0.0544. The first-order valence-electron chi connectivity index (χ1n) is 3.97. The van der Waals surface area contributed by atoms with Gasteiger partial charge in [-0.05, 0) is 12.8 Å². The Hall–Kier alpha value is -0.860. The highest BCUT2D eigenvalue weighted by atomic mass is 16.2. The van der Waals surface area contributed by atoms with Gasteiger partial charge in [0, 0.05) is 25.8 Å². The summed E-state index contributed by atoms with van der Waals surface area (Å²) < 4.78 is 0. The Kier molecular flexibility index (Phi) is 2.63. The van der Waals surface area contributed by atoms with Crippen LogP contribution in [0.1, 0.15) is 25.7 Å². The summed E-state index contributed by atoms with van der Waals surface area (Å²) >= 11 is 0. The lowest BCUT2D eigenvalue weighted by molar-refractivity contribution is -0.131. The number of carbonyl (C=O) groups excluding carboxylic acids is 2. The fourth-order valence-electron chi connectivity index (χ4n) is 1.45. The van der Waals surface area contributed by atoms with Crippen molar-refractivity contribution in [3.63, 3.8) is 0 Å². The molecule has 0 aromatic carbocycles. The van der Waals surface area contributed by atoms with Crippen LogP contribution in [-0.2, 0) is 9.59 Å². The fourth-order valence-corrected chi connectivity index (χ4v) is 1.45. The molecular formula is C8H13NO2. The summed E-state index contributed by atoms with van der Waals surface area (Å²) in [6.07, 6.45) is 2.84. The standard InChI is InChI=1S/C8H13NO2/c1-9-8(11)6-3-2-4-7(10)5-6/h6H,2-5H2,1H3,(H,9,11). The Morgan fingerprint density at radius 3 is 2.91 bits per heavy atom. The second-order valence-electron chi connectivity index (χ2n) is 2.95. The molecule has 1 aliphatic rings. The van der Waals surface area contributed by atoms with E-state index in [1.165, 1.54) is 0 Å². The van der Waals surface area contributed by atoms with Crippen molar-refractivity contribution < 1.29 is 9.59 Å². The molecule has 1 atom stereocenters. The van der Waals surface area contributed by atoms with Crippen molar-refractivity contribution in [1.29, 1.82) is 0 Å². The van der Waals surface area contributed by atoms with Crippen LogP contribution in [0.3, 0.4) is 0 Å². The highest BCUT2D eigenvalue weighted by Gasteiger charge is 2.24. The van der Waals surface area contributed by atoms with Crippen LogP contribution in [0.4, 0.5) is 0 Å². The van der Waals surface area contributed by atoms with Crippen LogP contribution in [0, 0.1) is 5.92 Å². The minimum absolute atomic E-state index is 0.0121. The third-order valence-electron chi connectivity index (χ3n) is 2.10. The topological polar surface area (TPSA) is 46.2 Å². The van der Waals surface area contributed by atoms with Gasteiger partial charge in [0.25, 0.3) is 0 Å².